The maximum atomic E-state index is 5.09. The molecule has 0 aliphatic rings. The lowest BCUT2D eigenvalue weighted by atomic mass is 10.2. The standard InChI is InChI=1S/C17H21N7O/c1-12-21-16(25-23-12)10-20-17(18-2)24(3)11-15-19-9-14(22-15)13-7-5-4-6-8-13/h4-9H,10-11H2,1-3H3,(H,18,20)(H,19,22). The number of hydrogen-bond acceptors (Lipinski definition) is 5. The van der Waals surface area contributed by atoms with Crippen LogP contribution in [0.1, 0.15) is 17.5 Å². The summed E-state index contributed by atoms with van der Waals surface area (Å²) in [5, 5.41) is 6.97. The van der Waals surface area contributed by atoms with Gasteiger partial charge in [-0.3, -0.25) is 4.99 Å². The van der Waals surface area contributed by atoms with Gasteiger partial charge in [0.2, 0.25) is 5.89 Å². The van der Waals surface area contributed by atoms with E-state index in [1.165, 1.54) is 0 Å². The molecule has 3 aromatic rings. The van der Waals surface area contributed by atoms with E-state index >= 15 is 0 Å². The minimum Gasteiger partial charge on any atom is -0.347 e. The Morgan fingerprint density at radius 2 is 2.12 bits per heavy atom. The molecular weight excluding hydrogens is 318 g/mol. The molecule has 2 heterocycles. The van der Waals surface area contributed by atoms with Crippen molar-refractivity contribution in [3.8, 4) is 11.3 Å². The highest BCUT2D eigenvalue weighted by atomic mass is 16.5. The van der Waals surface area contributed by atoms with Crippen LogP contribution in [0.2, 0.25) is 0 Å². The van der Waals surface area contributed by atoms with Gasteiger partial charge in [0.25, 0.3) is 0 Å². The number of aliphatic imine (C=N–C) groups is 1. The topological polar surface area (TPSA) is 95.2 Å². The number of aryl methyl sites for hydroxylation is 1. The van der Waals surface area contributed by atoms with Gasteiger partial charge in [-0.25, -0.2) is 4.98 Å². The molecule has 0 atom stereocenters. The van der Waals surface area contributed by atoms with Crippen LogP contribution in [0.3, 0.4) is 0 Å². The molecule has 0 fully saturated rings. The van der Waals surface area contributed by atoms with E-state index in [2.05, 4.69) is 30.4 Å². The third-order valence-corrected chi connectivity index (χ3v) is 3.64. The first-order valence-electron chi connectivity index (χ1n) is 7.96. The van der Waals surface area contributed by atoms with Crippen LogP contribution in [0, 0.1) is 6.92 Å². The van der Waals surface area contributed by atoms with Crippen LogP contribution in [-0.4, -0.2) is 45.1 Å². The fourth-order valence-electron chi connectivity index (χ4n) is 2.46. The summed E-state index contributed by atoms with van der Waals surface area (Å²) >= 11 is 0. The molecule has 2 N–H and O–H groups in total. The second-order valence-electron chi connectivity index (χ2n) is 5.60. The number of hydrogen-bond donors (Lipinski definition) is 2. The number of H-pyrrole nitrogens is 1. The number of nitrogens with one attached hydrogen (secondary N) is 2. The summed E-state index contributed by atoms with van der Waals surface area (Å²) in [7, 11) is 3.68. The minimum atomic E-state index is 0.422. The van der Waals surface area contributed by atoms with E-state index in [4.69, 9.17) is 4.52 Å². The molecule has 0 radical (unpaired) electrons. The fourth-order valence-corrected chi connectivity index (χ4v) is 2.46. The number of rotatable bonds is 5. The average molecular weight is 339 g/mol. The Labute approximate surface area is 146 Å². The summed E-state index contributed by atoms with van der Waals surface area (Å²) in [5.74, 6) is 2.71. The van der Waals surface area contributed by atoms with Gasteiger partial charge in [0.05, 0.1) is 25.0 Å². The van der Waals surface area contributed by atoms with Crippen LogP contribution in [0.5, 0.6) is 0 Å². The van der Waals surface area contributed by atoms with Gasteiger partial charge < -0.3 is 19.7 Å². The van der Waals surface area contributed by atoms with E-state index in [9.17, 15) is 0 Å². The van der Waals surface area contributed by atoms with Crippen LogP contribution in [0.15, 0.2) is 46.0 Å². The Bertz CT molecular complexity index is 838. The highest BCUT2D eigenvalue weighted by Crippen LogP contribution is 2.16. The number of benzene rings is 1. The number of aromatic amines is 1. The molecular formula is C17H21N7O. The average Bonchev–Trinajstić information content (AvgIpc) is 3.25. The molecule has 0 amide bonds. The SMILES string of the molecule is CN=C(NCc1nc(C)no1)N(C)Cc1ncc(-c2ccccc2)[nH]1. The van der Waals surface area contributed by atoms with Crippen molar-refractivity contribution in [2.24, 2.45) is 4.99 Å². The number of guanidine groups is 1. The van der Waals surface area contributed by atoms with E-state index in [0.29, 0.717) is 30.8 Å². The Morgan fingerprint density at radius 3 is 2.80 bits per heavy atom. The van der Waals surface area contributed by atoms with Crippen LogP contribution in [-0.2, 0) is 13.1 Å². The molecule has 0 aliphatic heterocycles. The normalized spacial score (nSPS) is 11.6. The van der Waals surface area contributed by atoms with Gasteiger partial charge in [0, 0.05) is 14.1 Å². The van der Waals surface area contributed by atoms with E-state index in [1.54, 1.807) is 14.0 Å². The van der Waals surface area contributed by atoms with Crippen molar-refractivity contribution in [3.63, 3.8) is 0 Å². The third-order valence-electron chi connectivity index (χ3n) is 3.64. The first-order chi connectivity index (χ1) is 12.2. The van der Waals surface area contributed by atoms with Crippen molar-refractivity contribution >= 4 is 5.96 Å². The molecule has 0 aliphatic carbocycles. The lowest BCUT2D eigenvalue weighted by Crippen LogP contribution is -2.38. The van der Waals surface area contributed by atoms with Crippen LogP contribution in [0.4, 0.5) is 0 Å². The smallest absolute Gasteiger partial charge is 0.246 e. The quantitative estimate of drug-likeness (QED) is 0.545. The molecule has 8 heteroatoms. The molecule has 8 nitrogen and oxygen atoms in total. The summed E-state index contributed by atoms with van der Waals surface area (Å²) in [4.78, 5) is 18.2. The van der Waals surface area contributed by atoms with Gasteiger partial charge in [0.1, 0.15) is 5.82 Å². The van der Waals surface area contributed by atoms with E-state index in [-0.39, 0.29) is 0 Å². The van der Waals surface area contributed by atoms with Gasteiger partial charge >= 0.3 is 0 Å². The van der Waals surface area contributed by atoms with Gasteiger partial charge in [0.15, 0.2) is 11.8 Å². The summed E-state index contributed by atoms with van der Waals surface area (Å²) in [6.45, 7) is 2.80. The molecule has 0 saturated carbocycles. The Hall–Kier alpha value is -3.16. The molecule has 0 bridgehead atoms. The van der Waals surface area contributed by atoms with Crippen molar-refractivity contribution in [1.29, 1.82) is 0 Å². The van der Waals surface area contributed by atoms with Gasteiger partial charge in [-0.05, 0) is 12.5 Å². The number of aromatic nitrogens is 4. The highest BCUT2D eigenvalue weighted by Gasteiger charge is 2.11. The first kappa shape index (κ1) is 16.7. The second-order valence-corrected chi connectivity index (χ2v) is 5.60. The first-order valence-corrected chi connectivity index (χ1v) is 7.96. The van der Waals surface area contributed by atoms with Gasteiger partial charge in [-0.1, -0.05) is 35.5 Å². The molecule has 0 unspecified atom stereocenters. The third kappa shape index (κ3) is 4.23. The number of imidazole rings is 1. The lowest BCUT2D eigenvalue weighted by Gasteiger charge is -2.20. The maximum absolute atomic E-state index is 5.09. The van der Waals surface area contributed by atoms with E-state index in [1.807, 2.05) is 48.5 Å². The number of nitrogens with zero attached hydrogens (tertiary/aromatic N) is 5. The predicted molar refractivity (Wildman–Crippen MR) is 94.7 cm³/mol. The van der Waals surface area contributed by atoms with E-state index in [0.717, 1.165) is 17.1 Å². The van der Waals surface area contributed by atoms with E-state index < -0.39 is 0 Å². The molecule has 25 heavy (non-hydrogen) atoms. The van der Waals surface area contributed by atoms with Gasteiger partial charge in [-0.15, -0.1) is 0 Å². The molecule has 0 saturated heterocycles. The summed E-state index contributed by atoms with van der Waals surface area (Å²) in [5.41, 5.74) is 2.10. The molecule has 3 rings (SSSR count). The molecule has 0 spiro atoms. The largest absolute Gasteiger partial charge is 0.347 e. The highest BCUT2D eigenvalue weighted by molar-refractivity contribution is 5.79. The fraction of sp³-hybridized carbons (Fsp3) is 0.294. The Morgan fingerprint density at radius 1 is 1.32 bits per heavy atom. The molecule has 1 aromatic carbocycles. The van der Waals surface area contributed by atoms with Crippen LogP contribution >= 0.6 is 0 Å². The molecule has 2 aromatic heterocycles. The van der Waals surface area contributed by atoms with Crippen molar-refractivity contribution < 1.29 is 4.52 Å². The van der Waals surface area contributed by atoms with Crippen molar-refractivity contribution in [1.82, 2.24) is 30.3 Å². The Balaban J connectivity index is 1.60. The van der Waals surface area contributed by atoms with Crippen molar-refractivity contribution in [2.75, 3.05) is 14.1 Å². The summed E-state index contributed by atoms with van der Waals surface area (Å²) in [6, 6.07) is 10.1. The van der Waals surface area contributed by atoms with Crippen LogP contribution in [0.25, 0.3) is 11.3 Å². The summed E-state index contributed by atoms with van der Waals surface area (Å²) in [6.07, 6.45) is 1.84. The minimum absolute atomic E-state index is 0.422. The zero-order valence-corrected chi connectivity index (χ0v) is 14.5. The Kier molecular flexibility index (Phi) is 5.08. The van der Waals surface area contributed by atoms with Gasteiger partial charge in [-0.2, -0.15) is 4.98 Å². The predicted octanol–water partition coefficient (Wildman–Crippen LogP) is 1.98. The molecule has 130 valence electrons. The lowest BCUT2D eigenvalue weighted by molar-refractivity contribution is 0.367. The summed E-state index contributed by atoms with van der Waals surface area (Å²) < 4.78 is 5.09. The zero-order valence-electron chi connectivity index (χ0n) is 14.5. The van der Waals surface area contributed by atoms with Crippen molar-refractivity contribution in [2.45, 2.75) is 20.0 Å². The monoisotopic (exact) mass is 339 g/mol. The van der Waals surface area contributed by atoms with Crippen molar-refractivity contribution in [3.05, 3.63) is 54.1 Å². The maximum Gasteiger partial charge on any atom is 0.246 e. The zero-order chi connectivity index (χ0) is 17.6. The van der Waals surface area contributed by atoms with Crippen LogP contribution < -0.4 is 5.32 Å². The second kappa shape index (κ2) is 7.61.